The number of nitrogens with one attached hydrogen (secondary N) is 2. The van der Waals surface area contributed by atoms with Gasteiger partial charge in [0.25, 0.3) is 0 Å². The highest BCUT2D eigenvalue weighted by Gasteiger charge is 2.18. The minimum absolute atomic E-state index is 0.220. The maximum absolute atomic E-state index is 11.8. The molecule has 0 aliphatic carbocycles. The maximum Gasteiger partial charge on any atom is 0.162 e. The van der Waals surface area contributed by atoms with Crippen LogP contribution in [0, 0.1) is 0 Å². The standard InChI is InChI=1S/C16H23N3O/c1-4-5-16(20)13-6-8-14(9-7-13)17-11-15-10-12(2)18-19(15)3/h6-10,15,17-18H,4-5,11H2,1-3H3. The van der Waals surface area contributed by atoms with Crippen molar-refractivity contribution in [3.05, 3.63) is 41.6 Å². The van der Waals surface area contributed by atoms with Gasteiger partial charge in [0.1, 0.15) is 0 Å². The molecule has 0 bridgehead atoms. The third kappa shape index (κ3) is 3.61. The lowest BCUT2D eigenvalue weighted by Crippen LogP contribution is -2.38. The van der Waals surface area contributed by atoms with Crippen LogP contribution in [0.1, 0.15) is 37.0 Å². The summed E-state index contributed by atoms with van der Waals surface area (Å²) in [5, 5.41) is 5.48. The molecule has 20 heavy (non-hydrogen) atoms. The first-order chi connectivity index (χ1) is 9.60. The van der Waals surface area contributed by atoms with E-state index in [-0.39, 0.29) is 5.78 Å². The van der Waals surface area contributed by atoms with Gasteiger partial charge in [-0.2, -0.15) is 0 Å². The van der Waals surface area contributed by atoms with Gasteiger partial charge in [-0.3, -0.25) is 4.79 Å². The zero-order valence-corrected chi connectivity index (χ0v) is 12.4. The van der Waals surface area contributed by atoms with Crippen molar-refractivity contribution in [1.82, 2.24) is 10.4 Å². The molecule has 0 spiro atoms. The molecule has 1 atom stereocenters. The lowest BCUT2D eigenvalue weighted by atomic mass is 10.1. The second-order valence-corrected chi connectivity index (χ2v) is 5.27. The number of hydrazine groups is 1. The van der Waals surface area contributed by atoms with Gasteiger partial charge in [0.15, 0.2) is 5.78 Å². The summed E-state index contributed by atoms with van der Waals surface area (Å²) in [7, 11) is 2.03. The smallest absolute Gasteiger partial charge is 0.162 e. The number of benzene rings is 1. The molecule has 0 amide bonds. The summed E-state index contributed by atoms with van der Waals surface area (Å²) in [6, 6.07) is 8.09. The van der Waals surface area contributed by atoms with Gasteiger partial charge >= 0.3 is 0 Å². The first kappa shape index (κ1) is 14.6. The van der Waals surface area contributed by atoms with E-state index in [0.717, 1.165) is 24.2 Å². The van der Waals surface area contributed by atoms with Gasteiger partial charge in [-0.1, -0.05) is 6.92 Å². The molecule has 4 heteroatoms. The molecule has 2 N–H and O–H groups in total. The predicted molar refractivity (Wildman–Crippen MR) is 82.6 cm³/mol. The normalized spacial score (nSPS) is 18.6. The number of ketones is 1. The van der Waals surface area contributed by atoms with Crippen molar-refractivity contribution in [1.29, 1.82) is 0 Å². The fourth-order valence-electron chi connectivity index (χ4n) is 2.36. The number of nitrogens with zero attached hydrogens (tertiary/aromatic N) is 1. The Morgan fingerprint density at radius 2 is 2.05 bits per heavy atom. The van der Waals surface area contributed by atoms with Gasteiger partial charge in [0.05, 0.1) is 6.04 Å². The number of hydrogen-bond acceptors (Lipinski definition) is 4. The Labute approximate surface area is 120 Å². The van der Waals surface area contributed by atoms with Crippen LogP contribution < -0.4 is 10.7 Å². The minimum Gasteiger partial charge on any atom is -0.383 e. The summed E-state index contributed by atoms with van der Waals surface area (Å²) in [5.74, 6) is 0.220. The summed E-state index contributed by atoms with van der Waals surface area (Å²) >= 11 is 0. The largest absolute Gasteiger partial charge is 0.383 e. The molecule has 1 aromatic carbocycles. The molecule has 0 saturated heterocycles. The first-order valence-corrected chi connectivity index (χ1v) is 7.15. The highest BCUT2D eigenvalue weighted by atomic mass is 16.1. The molecule has 2 rings (SSSR count). The highest BCUT2D eigenvalue weighted by Crippen LogP contribution is 2.14. The van der Waals surface area contributed by atoms with Gasteiger partial charge in [-0.25, -0.2) is 5.01 Å². The summed E-state index contributed by atoms with van der Waals surface area (Å²) in [5.41, 5.74) is 6.28. The van der Waals surface area contributed by atoms with Crippen molar-refractivity contribution in [2.75, 3.05) is 18.9 Å². The van der Waals surface area contributed by atoms with E-state index in [1.54, 1.807) is 0 Å². The van der Waals surface area contributed by atoms with Crippen molar-refractivity contribution in [2.45, 2.75) is 32.7 Å². The molecule has 108 valence electrons. The van der Waals surface area contributed by atoms with Gasteiger partial charge in [-0.05, 0) is 43.7 Å². The van der Waals surface area contributed by atoms with Crippen LogP contribution in [-0.4, -0.2) is 30.4 Å². The van der Waals surface area contributed by atoms with E-state index >= 15 is 0 Å². The number of anilines is 1. The molecule has 0 saturated carbocycles. The van der Waals surface area contributed by atoms with Crippen LogP contribution in [0.5, 0.6) is 0 Å². The van der Waals surface area contributed by atoms with E-state index in [0.29, 0.717) is 12.5 Å². The van der Waals surface area contributed by atoms with Crippen LogP contribution in [0.25, 0.3) is 0 Å². The number of hydrogen-bond donors (Lipinski definition) is 2. The van der Waals surface area contributed by atoms with Crippen LogP contribution in [0.4, 0.5) is 5.69 Å². The Hall–Kier alpha value is -1.81. The third-order valence-corrected chi connectivity index (χ3v) is 3.49. The van der Waals surface area contributed by atoms with Crippen molar-refractivity contribution in [3.63, 3.8) is 0 Å². The zero-order chi connectivity index (χ0) is 14.5. The van der Waals surface area contributed by atoms with E-state index in [1.807, 2.05) is 38.2 Å². The Morgan fingerprint density at radius 1 is 1.35 bits per heavy atom. The average molecular weight is 273 g/mol. The molecular formula is C16H23N3O. The first-order valence-electron chi connectivity index (χ1n) is 7.15. The molecule has 1 aliphatic rings. The van der Waals surface area contributed by atoms with Crippen LogP contribution in [0.15, 0.2) is 36.0 Å². The van der Waals surface area contributed by atoms with E-state index in [9.17, 15) is 4.79 Å². The quantitative estimate of drug-likeness (QED) is 0.782. The Kier molecular flexibility index (Phi) is 4.79. The van der Waals surface area contributed by atoms with E-state index in [2.05, 4.69) is 28.8 Å². The topological polar surface area (TPSA) is 44.4 Å². The molecule has 1 aromatic rings. The Morgan fingerprint density at radius 3 is 2.60 bits per heavy atom. The van der Waals surface area contributed by atoms with Crippen LogP contribution in [0.3, 0.4) is 0 Å². The monoisotopic (exact) mass is 273 g/mol. The van der Waals surface area contributed by atoms with Crippen LogP contribution in [0.2, 0.25) is 0 Å². The summed E-state index contributed by atoms with van der Waals surface area (Å²) in [4.78, 5) is 11.8. The minimum atomic E-state index is 0.220. The molecule has 1 unspecified atom stereocenters. The molecule has 1 heterocycles. The summed E-state index contributed by atoms with van der Waals surface area (Å²) in [6.07, 6.45) is 3.72. The fraction of sp³-hybridized carbons (Fsp3) is 0.438. The van der Waals surface area contributed by atoms with E-state index in [1.165, 1.54) is 5.70 Å². The number of carbonyl (C=O) groups excluding carboxylic acids is 1. The van der Waals surface area contributed by atoms with Gasteiger partial charge in [-0.15, -0.1) is 0 Å². The molecular weight excluding hydrogens is 250 g/mol. The average Bonchev–Trinajstić information content (AvgIpc) is 2.75. The van der Waals surface area contributed by atoms with E-state index in [4.69, 9.17) is 0 Å². The predicted octanol–water partition coefficient (Wildman–Crippen LogP) is 2.80. The molecule has 0 radical (unpaired) electrons. The molecule has 0 aromatic heterocycles. The van der Waals surface area contributed by atoms with Crippen molar-refractivity contribution < 1.29 is 4.79 Å². The zero-order valence-electron chi connectivity index (χ0n) is 12.4. The molecule has 0 fully saturated rings. The lowest BCUT2D eigenvalue weighted by Gasteiger charge is -2.20. The number of likely N-dealkylation sites (N-methyl/N-ethyl adjacent to an activating group) is 1. The van der Waals surface area contributed by atoms with Gasteiger partial charge in [0.2, 0.25) is 0 Å². The Balaban J connectivity index is 1.89. The highest BCUT2D eigenvalue weighted by molar-refractivity contribution is 5.96. The summed E-state index contributed by atoms with van der Waals surface area (Å²) < 4.78 is 0. The number of carbonyl (C=O) groups is 1. The summed E-state index contributed by atoms with van der Waals surface area (Å²) in [6.45, 7) is 4.92. The molecule has 4 nitrogen and oxygen atoms in total. The molecule has 1 aliphatic heterocycles. The number of Topliss-reactive ketones (excluding diaryl/α,β-unsaturated/α-hetero) is 1. The maximum atomic E-state index is 11.8. The second-order valence-electron chi connectivity index (χ2n) is 5.27. The second kappa shape index (κ2) is 6.57. The van der Waals surface area contributed by atoms with Gasteiger partial charge in [0, 0.05) is 37.0 Å². The Bertz CT molecular complexity index is 493. The van der Waals surface area contributed by atoms with Crippen molar-refractivity contribution in [3.8, 4) is 0 Å². The fourth-order valence-corrected chi connectivity index (χ4v) is 2.36. The van der Waals surface area contributed by atoms with E-state index < -0.39 is 0 Å². The number of allylic oxidation sites excluding steroid dienone is 1. The van der Waals surface area contributed by atoms with Gasteiger partial charge < -0.3 is 10.7 Å². The SMILES string of the molecule is CCCC(=O)c1ccc(NCC2C=C(C)NN2C)cc1. The van der Waals surface area contributed by atoms with Crippen molar-refractivity contribution >= 4 is 11.5 Å². The van der Waals surface area contributed by atoms with Crippen LogP contribution in [-0.2, 0) is 0 Å². The van der Waals surface area contributed by atoms with Crippen LogP contribution >= 0.6 is 0 Å². The third-order valence-electron chi connectivity index (χ3n) is 3.49. The lowest BCUT2D eigenvalue weighted by molar-refractivity contribution is 0.0982. The number of rotatable bonds is 6. The van der Waals surface area contributed by atoms with Crippen molar-refractivity contribution in [2.24, 2.45) is 0 Å².